The van der Waals surface area contributed by atoms with E-state index >= 15 is 0 Å². The maximum atomic E-state index is 11.9. The summed E-state index contributed by atoms with van der Waals surface area (Å²) in [5.74, 6) is 1.66. The molecule has 1 aliphatic heterocycles. The molecule has 1 heterocycles. The number of likely N-dealkylation sites (N-methyl/N-ethyl adjacent to an activating group) is 1. The normalized spacial score (nSPS) is 17.7. The molecule has 1 aromatic rings. The van der Waals surface area contributed by atoms with Crippen molar-refractivity contribution in [2.75, 3.05) is 53.4 Å². The highest BCUT2D eigenvalue weighted by atomic mass is 16.5. The van der Waals surface area contributed by atoms with E-state index < -0.39 is 0 Å². The molecular weight excluding hydrogens is 340 g/mol. The van der Waals surface area contributed by atoms with Crippen molar-refractivity contribution < 1.29 is 9.53 Å². The zero-order valence-electron chi connectivity index (χ0n) is 17.2. The summed E-state index contributed by atoms with van der Waals surface area (Å²) in [6.07, 6.45) is 3.65. The molecule has 0 spiro atoms. The van der Waals surface area contributed by atoms with Gasteiger partial charge < -0.3 is 25.2 Å². The van der Waals surface area contributed by atoms with Crippen LogP contribution >= 0.6 is 0 Å². The van der Waals surface area contributed by atoms with Gasteiger partial charge in [0.05, 0.1) is 0 Å². The topological polar surface area (TPSA) is 56.8 Å². The van der Waals surface area contributed by atoms with E-state index in [1.807, 2.05) is 38.4 Å². The van der Waals surface area contributed by atoms with Crippen LogP contribution in [0, 0.1) is 5.92 Å². The molecule has 0 saturated carbocycles. The number of hydrogen-bond acceptors (Lipinski definition) is 4. The number of hydrogen-bond donors (Lipinski definition) is 2. The average Bonchev–Trinajstić information content (AvgIpc) is 2.64. The Morgan fingerprint density at radius 2 is 2.04 bits per heavy atom. The standard InChI is InChI=1S/C21H36N4O2/c1-18-6-4-12-25(17-18)13-5-11-22-21(26)23-16-19-7-9-20(10-8-19)27-15-14-24(2)3/h7-10,18H,4-6,11-17H2,1-3H3,(H2,22,23,26). The van der Waals surface area contributed by atoms with E-state index in [1.165, 1.54) is 25.9 Å². The minimum Gasteiger partial charge on any atom is -0.492 e. The fourth-order valence-electron chi connectivity index (χ4n) is 3.29. The van der Waals surface area contributed by atoms with Gasteiger partial charge in [-0.2, -0.15) is 0 Å². The Balaban J connectivity index is 1.55. The number of piperidine rings is 1. The summed E-state index contributed by atoms with van der Waals surface area (Å²) in [4.78, 5) is 16.5. The lowest BCUT2D eigenvalue weighted by Crippen LogP contribution is -2.38. The summed E-state index contributed by atoms with van der Waals surface area (Å²) in [6, 6.07) is 7.77. The number of amides is 2. The first-order valence-electron chi connectivity index (χ1n) is 10.1. The first-order chi connectivity index (χ1) is 13.0. The second-order valence-corrected chi connectivity index (χ2v) is 7.81. The van der Waals surface area contributed by atoms with E-state index in [-0.39, 0.29) is 6.03 Å². The molecule has 1 aliphatic rings. The van der Waals surface area contributed by atoms with Crippen LogP contribution in [0.2, 0.25) is 0 Å². The maximum Gasteiger partial charge on any atom is 0.315 e. The molecule has 1 unspecified atom stereocenters. The molecule has 0 bridgehead atoms. The third kappa shape index (κ3) is 9.11. The quantitative estimate of drug-likeness (QED) is 0.616. The van der Waals surface area contributed by atoms with Crippen LogP contribution in [0.4, 0.5) is 4.79 Å². The number of ether oxygens (including phenoxy) is 1. The second-order valence-electron chi connectivity index (χ2n) is 7.81. The van der Waals surface area contributed by atoms with Crippen molar-refractivity contribution >= 4 is 6.03 Å². The van der Waals surface area contributed by atoms with Crippen LogP contribution in [0.5, 0.6) is 5.75 Å². The van der Waals surface area contributed by atoms with E-state index in [0.717, 1.165) is 43.3 Å². The highest BCUT2D eigenvalue weighted by Gasteiger charge is 2.15. The zero-order chi connectivity index (χ0) is 19.5. The number of rotatable bonds is 10. The fourth-order valence-corrected chi connectivity index (χ4v) is 3.29. The van der Waals surface area contributed by atoms with Crippen LogP contribution in [0.15, 0.2) is 24.3 Å². The molecule has 2 N–H and O–H groups in total. The molecule has 2 amide bonds. The van der Waals surface area contributed by atoms with Gasteiger partial charge in [0.2, 0.25) is 0 Å². The lowest BCUT2D eigenvalue weighted by molar-refractivity contribution is 0.181. The molecule has 6 heteroatoms. The molecular formula is C21H36N4O2. The Kier molecular flexibility index (Phi) is 9.42. The van der Waals surface area contributed by atoms with Crippen molar-refractivity contribution in [3.63, 3.8) is 0 Å². The summed E-state index contributed by atoms with van der Waals surface area (Å²) in [5.41, 5.74) is 1.06. The van der Waals surface area contributed by atoms with E-state index in [0.29, 0.717) is 13.2 Å². The summed E-state index contributed by atoms with van der Waals surface area (Å²) >= 11 is 0. The second kappa shape index (κ2) is 11.8. The number of likely N-dealkylation sites (tertiary alicyclic amines) is 1. The van der Waals surface area contributed by atoms with Gasteiger partial charge in [-0.3, -0.25) is 0 Å². The zero-order valence-corrected chi connectivity index (χ0v) is 17.2. The number of benzene rings is 1. The van der Waals surface area contributed by atoms with Crippen molar-refractivity contribution in [3.8, 4) is 5.75 Å². The summed E-state index contributed by atoms with van der Waals surface area (Å²) < 4.78 is 5.67. The predicted octanol–water partition coefficient (Wildman–Crippen LogP) is 2.55. The Morgan fingerprint density at radius 3 is 2.74 bits per heavy atom. The lowest BCUT2D eigenvalue weighted by atomic mass is 10.0. The van der Waals surface area contributed by atoms with E-state index in [1.54, 1.807) is 0 Å². The smallest absolute Gasteiger partial charge is 0.315 e. The van der Waals surface area contributed by atoms with Crippen LogP contribution in [0.1, 0.15) is 31.7 Å². The van der Waals surface area contributed by atoms with Gasteiger partial charge in [-0.1, -0.05) is 19.1 Å². The van der Waals surface area contributed by atoms with Gasteiger partial charge in [-0.15, -0.1) is 0 Å². The fraction of sp³-hybridized carbons (Fsp3) is 0.667. The number of carbonyl (C=O) groups is 1. The van der Waals surface area contributed by atoms with Gasteiger partial charge in [-0.05, 0) is 70.1 Å². The molecule has 0 aliphatic carbocycles. The van der Waals surface area contributed by atoms with Gasteiger partial charge in [0.25, 0.3) is 0 Å². The Morgan fingerprint density at radius 1 is 1.26 bits per heavy atom. The summed E-state index contributed by atoms with van der Waals surface area (Å²) in [7, 11) is 4.05. The van der Waals surface area contributed by atoms with Crippen LogP contribution in [0.3, 0.4) is 0 Å². The Labute approximate surface area is 164 Å². The first kappa shape index (κ1) is 21.5. The predicted molar refractivity (Wildman–Crippen MR) is 110 cm³/mol. The number of urea groups is 1. The molecule has 152 valence electrons. The molecule has 6 nitrogen and oxygen atoms in total. The van der Waals surface area contributed by atoms with E-state index in [2.05, 4.69) is 27.4 Å². The van der Waals surface area contributed by atoms with Gasteiger partial charge >= 0.3 is 6.03 Å². The monoisotopic (exact) mass is 376 g/mol. The van der Waals surface area contributed by atoms with Gasteiger partial charge in [0.15, 0.2) is 0 Å². The molecule has 1 fully saturated rings. The van der Waals surface area contributed by atoms with Crippen LogP contribution in [0.25, 0.3) is 0 Å². The molecule has 0 radical (unpaired) electrons. The summed E-state index contributed by atoms with van der Waals surface area (Å²) in [5, 5.41) is 5.86. The number of nitrogens with one attached hydrogen (secondary N) is 2. The van der Waals surface area contributed by atoms with Crippen molar-refractivity contribution in [3.05, 3.63) is 29.8 Å². The average molecular weight is 377 g/mol. The summed E-state index contributed by atoms with van der Waals surface area (Å²) in [6.45, 7) is 8.58. The van der Waals surface area contributed by atoms with E-state index in [4.69, 9.17) is 4.74 Å². The third-order valence-corrected chi connectivity index (χ3v) is 4.86. The molecule has 1 saturated heterocycles. The molecule has 27 heavy (non-hydrogen) atoms. The van der Waals surface area contributed by atoms with Crippen molar-refractivity contribution in [1.29, 1.82) is 0 Å². The number of carbonyl (C=O) groups excluding carboxylic acids is 1. The molecule has 1 aromatic carbocycles. The Hall–Kier alpha value is -1.79. The Bertz CT molecular complexity index is 548. The highest BCUT2D eigenvalue weighted by molar-refractivity contribution is 5.73. The first-order valence-corrected chi connectivity index (χ1v) is 10.1. The molecule has 1 atom stereocenters. The van der Waals surface area contributed by atoms with Crippen LogP contribution in [-0.2, 0) is 6.54 Å². The minimum atomic E-state index is -0.103. The van der Waals surface area contributed by atoms with Crippen molar-refractivity contribution in [2.45, 2.75) is 32.7 Å². The van der Waals surface area contributed by atoms with Crippen LogP contribution < -0.4 is 15.4 Å². The maximum absolute atomic E-state index is 11.9. The molecule has 0 aromatic heterocycles. The largest absolute Gasteiger partial charge is 0.492 e. The number of nitrogens with zero attached hydrogens (tertiary/aromatic N) is 2. The van der Waals surface area contributed by atoms with Gasteiger partial charge in [-0.25, -0.2) is 4.79 Å². The minimum absolute atomic E-state index is 0.103. The third-order valence-electron chi connectivity index (χ3n) is 4.86. The van der Waals surface area contributed by atoms with E-state index in [9.17, 15) is 4.79 Å². The van der Waals surface area contributed by atoms with Crippen LogP contribution in [-0.4, -0.2) is 69.3 Å². The molecule has 2 rings (SSSR count). The van der Waals surface area contributed by atoms with Crippen molar-refractivity contribution in [1.82, 2.24) is 20.4 Å². The van der Waals surface area contributed by atoms with Gasteiger partial charge in [0.1, 0.15) is 12.4 Å². The SMILES string of the molecule is CC1CCCN(CCCNC(=O)NCc2ccc(OCCN(C)C)cc2)C1. The highest BCUT2D eigenvalue weighted by Crippen LogP contribution is 2.15. The lowest BCUT2D eigenvalue weighted by Gasteiger charge is -2.30. The van der Waals surface area contributed by atoms with Gasteiger partial charge in [0, 0.05) is 26.2 Å². The van der Waals surface area contributed by atoms with Crippen molar-refractivity contribution in [2.24, 2.45) is 5.92 Å².